The number of fused-ring (bicyclic) bond motifs is 1. The summed E-state index contributed by atoms with van der Waals surface area (Å²) >= 11 is 0. The molecule has 0 aliphatic heterocycles. The van der Waals surface area contributed by atoms with Crippen LogP contribution in [-0.4, -0.2) is 15.0 Å². The summed E-state index contributed by atoms with van der Waals surface area (Å²) in [7, 11) is -3.64. The predicted molar refractivity (Wildman–Crippen MR) is 86.3 cm³/mol. The van der Waals surface area contributed by atoms with E-state index in [-0.39, 0.29) is 11.5 Å². The second kappa shape index (κ2) is 6.23. The normalized spacial score (nSPS) is 15.0. The van der Waals surface area contributed by atoms with Crippen LogP contribution in [0, 0.1) is 12.8 Å². The third-order valence-electron chi connectivity index (χ3n) is 4.21. The average Bonchev–Trinajstić information content (AvgIpc) is 2.90. The maximum atomic E-state index is 12.1. The van der Waals surface area contributed by atoms with Crippen LogP contribution in [0.4, 0.5) is 0 Å². The minimum atomic E-state index is -3.64. The predicted octanol–water partition coefficient (Wildman–Crippen LogP) is 3.51. The van der Waals surface area contributed by atoms with Crippen molar-refractivity contribution in [3.63, 3.8) is 0 Å². The van der Waals surface area contributed by atoms with Gasteiger partial charge in [0.2, 0.25) is 0 Å². The molecule has 22 heavy (non-hydrogen) atoms. The van der Waals surface area contributed by atoms with Gasteiger partial charge in [0.25, 0.3) is 10.1 Å². The third-order valence-corrected chi connectivity index (χ3v) is 5.54. The monoisotopic (exact) mass is 316 g/mol. The van der Waals surface area contributed by atoms with Gasteiger partial charge >= 0.3 is 0 Å². The highest BCUT2D eigenvalue weighted by Gasteiger charge is 2.22. The van der Waals surface area contributed by atoms with Crippen molar-refractivity contribution in [2.45, 2.75) is 31.1 Å². The fraction of sp³-hybridized carbons (Fsp3) is 0.333. The Morgan fingerprint density at radius 2 is 1.59 bits per heavy atom. The molecule has 2 aromatic carbocycles. The molecule has 2 aromatic rings. The van der Waals surface area contributed by atoms with Crippen molar-refractivity contribution < 1.29 is 12.6 Å². The number of benzene rings is 2. The summed E-state index contributed by atoms with van der Waals surface area (Å²) in [6.07, 6.45) is 2.80. The molecule has 0 heterocycles. The largest absolute Gasteiger partial charge is 0.296 e. The highest BCUT2D eigenvalue weighted by molar-refractivity contribution is 7.86. The quantitative estimate of drug-likeness (QED) is 0.793. The summed E-state index contributed by atoms with van der Waals surface area (Å²) in [5.74, 6) is 0.477. The van der Waals surface area contributed by atoms with E-state index in [0.717, 1.165) is 24.8 Å². The van der Waals surface area contributed by atoms with Gasteiger partial charge in [-0.3, -0.25) is 4.18 Å². The molecule has 116 valence electrons. The Morgan fingerprint density at radius 1 is 1.00 bits per heavy atom. The Labute approximate surface area is 132 Å². The highest BCUT2D eigenvalue weighted by atomic mass is 32.2. The van der Waals surface area contributed by atoms with Gasteiger partial charge in [-0.1, -0.05) is 42.0 Å². The number of hydrogen-bond acceptors (Lipinski definition) is 3. The molecule has 0 spiro atoms. The molecular formula is C18H20O3S. The first-order valence-corrected chi connectivity index (χ1v) is 8.98. The highest BCUT2D eigenvalue weighted by Crippen LogP contribution is 2.28. The van der Waals surface area contributed by atoms with E-state index in [0.29, 0.717) is 5.92 Å². The van der Waals surface area contributed by atoms with Crippen LogP contribution in [-0.2, 0) is 27.1 Å². The van der Waals surface area contributed by atoms with Gasteiger partial charge in [-0.15, -0.1) is 0 Å². The van der Waals surface area contributed by atoms with Gasteiger partial charge in [-0.05, 0) is 55.4 Å². The fourth-order valence-corrected chi connectivity index (χ4v) is 3.87. The first-order chi connectivity index (χ1) is 10.5. The molecule has 1 aliphatic rings. The molecule has 3 rings (SSSR count). The van der Waals surface area contributed by atoms with Crippen molar-refractivity contribution in [1.82, 2.24) is 0 Å². The van der Waals surface area contributed by atoms with E-state index >= 15 is 0 Å². The van der Waals surface area contributed by atoms with Crippen molar-refractivity contribution >= 4 is 10.1 Å². The molecule has 0 aromatic heterocycles. The van der Waals surface area contributed by atoms with Crippen molar-refractivity contribution in [3.8, 4) is 0 Å². The van der Waals surface area contributed by atoms with Crippen molar-refractivity contribution in [1.29, 1.82) is 0 Å². The van der Waals surface area contributed by atoms with Gasteiger partial charge in [-0.25, -0.2) is 0 Å². The number of rotatable bonds is 5. The van der Waals surface area contributed by atoms with Crippen molar-refractivity contribution in [2.75, 3.05) is 6.61 Å². The zero-order chi connectivity index (χ0) is 15.6. The average molecular weight is 316 g/mol. The maximum Gasteiger partial charge on any atom is 0.296 e. The van der Waals surface area contributed by atoms with Crippen LogP contribution >= 0.6 is 0 Å². The Kier molecular flexibility index (Phi) is 4.32. The fourth-order valence-electron chi connectivity index (χ4n) is 2.95. The summed E-state index contributed by atoms with van der Waals surface area (Å²) < 4.78 is 29.4. The molecule has 3 nitrogen and oxygen atoms in total. The van der Waals surface area contributed by atoms with Crippen LogP contribution in [0.1, 0.15) is 23.1 Å². The smallest absolute Gasteiger partial charge is 0.266 e. The van der Waals surface area contributed by atoms with E-state index < -0.39 is 10.1 Å². The molecule has 0 amide bonds. The summed E-state index contributed by atoms with van der Waals surface area (Å²) in [6.45, 7) is 2.17. The molecule has 0 bridgehead atoms. The second-order valence-electron chi connectivity index (χ2n) is 5.92. The molecule has 4 heteroatoms. The van der Waals surface area contributed by atoms with Crippen LogP contribution in [0.25, 0.3) is 0 Å². The molecule has 0 saturated carbocycles. The first kappa shape index (κ1) is 15.3. The van der Waals surface area contributed by atoms with E-state index in [9.17, 15) is 8.42 Å². The first-order valence-electron chi connectivity index (χ1n) is 7.57. The molecule has 0 atom stereocenters. The minimum Gasteiger partial charge on any atom is -0.266 e. The van der Waals surface area contributed by atoms with Crippen molar-refractivity contribution in [2.24, 2.45) is 5.92 Å². The lowest BCUT2D eigenvalue weighted by Gasteiger charge is -2.10. The van der Waals surface area contributed by atoms with E-state index in [2.05, 4.69) is 24.3 Å². The van der Waals surface area contributed by atoms with Gasteiger partial charge in [-0.2, -0.15) is 8.42 Å². The van der Waals surface area contributed by atoms with E-state index in [1.807, 2.05) is 6.92 Å². The van der Waals surface area contributed by atoms with Crippen LogP contribution in [0.5, 0.6) is 0 Å². The topological polar surface area (TPSA) is 43.4 Å². The molecule has 0 saturated heterocycles. The summed E-state index contributed by atoms with van der Waals surface area (Å²) in [5.41, 5.74) is 3.80. The minimum absolute atomic E-state index is 0.229. The van der Waals surface area contributed by atoms with Gasteiger partial charge in [0.15, 0.2) is 0 Å². The van der Waals surface area contributed by atoms with Crippen LogP contribution in [0.15, 0.2) is 53.4 Å². The molecule has 0 N–H and O–H groups in total. The lowest BCUT2D eigenvalue weighted by molar-refractivity contribution is 0.284. The maximum absolute atomic E-state index is 12.1. The standard InChI is InChI=1S/C18H20O3S/c1-14-6-8-18(9-7-14)22(19,20)21-11-10-15-12-16-4-2-3-5-17(16)13-15/h2-9,15H,10-13H2,1H3. The number of hydrogen-bond donors (Lipinski definition) is 0. The molecule has 0 unspecified atom stereocenters. The Hall–Kier alpha value is -1.65. The van der Waals surface area contributed by atoms with Gasteiger partial charge in [0.05, 0.1) is 11.5 Å². The molecule has 0 radical (unpaired) electrons. The zero-order valence-electron chi connectivity index (χ0n) is 12.7. The second-order valence-corrected chi connectivity index (χ2v) is 7.54. The lowest BCUT2D eigenvalue weighted by Crippen LogP contribution is -2.11. The molecule has 1 aliphatic carbocycles. The van der Waals surface area contributed by atoms with E-state index in [1.165, 1.54) is 11.1 Å². The van der Waals surface area contributed by atoms with Gasteiger partial charge in [0.1, 0.15) is 0 Å². The van der Waals surface area contributed by atoms with Gasteiger partial charge in [0, 0.05) is 0 Å². The Morgan fingerprint density at radius 3 is 2.18 bits per heavy atom. The zero-order valence-corrected chi connectivity index (χ0v) is 13.5. The third kappa shape index (κ3) is 3.39. The number of aryl methyl sites for hydroxylation is 1. The van der Waals surface area contributed by atoms with E-state index in [1.54, 1.807) is 24.3 Å². The van der Waals surface area contributed by atoms with Crippen LogP contribution in [0.3, 0.4) is 0 Å². The SMILES string of the molecule is Cc1ccc(S(=O)(=O)OCCC2Cc3ccccc3C2)cc1. The summed E-state index contributed by atoms with van der Waals surface area (Å²) in [5, 5.41) is 0. The lowest BCUT2D eigenvalue weighted by atomic mass is 10.0. The summed E-state index contributed by atoms with van der Waals surface area (Å²) in [4.78, 5) is 0.229. The van der Waals surface area contributed by atoms with Gasteiger partial charge < -0.3 is 0 Å². The van der Waals surface area contributed by atoms with Crippen LogP contribution < -0.4 is 0 Å². The van der Waals surface area contributed by atoms with Crippen molar-refractivity contribution in [3.05, 3.63) is 65.2 Å². The van der Waals surface area contributed by atoms with E-state index in [4.69, 9.17) is 4.18 Å². The Balaban J connectivity index is 1.54. The Bertz CT molecular complexity index is 723. The molecular weight excluding hydrogens is 296 g/mol. The molecule has 0 fully saturated rings. The van der Waals surface area contributed by atoms with Crippen LogP contribution in [0.2, 0.25) is 0 Å². The summed E-state index contributed by atoms with van der Waals surface area (Å²) in [6, 6.07) is 15.2.